The summed E-state index contributed by atoms with van der Waals surface area (Å²) in [4.78, 5) is 24.3. The Morgan fingerprint density at radius 2 is 2.17 bits per heavy atom. The molecule has 0 aromatic rings. The van der Waals surface area contributed by atoms with E-state index in [1.165, 1.54) is 0 Å². The molecule has 0 saturated carbocycles. The predicted molar refractivity (Wildman–Crippen MR) is 98.2 cm³/mol. The highest BCUT2D eigenvalue weighted by molar-refractivity contribution is 7.99. The average Bonchev–Trinajstić information content (AvgIpc) is 2.89. The lowest BCUT2D eigenvalue weighted by atomic mass is 10.1. The Bertz CT molecular complexity index is 414. The predicted octanol–water partition coefficient (Wildman–Crippen LogP) is 3.07. The fourth-order valence-corrected chi connectivity index (χ4v) is 3.67. The Morgan fingerprint density at radius 3 is 2.88 bits per heavy atom. The number of amides is 1. The summed E-state index contributed by atoms with van der Waals surface area (Å²) in [5.74, 6) is 1.06. The molecule has 5 nitrogen and oxygen atoms in total. The molecule has 2 atom stereocenters. The molecule has 0 radical (unpaired) electrons. The second-order valence-corrected chi connectivity index (χ2v) is 7.48. The van der Waals surface area contributed by atoms with Gasteiger partial charge in [-0.05, 0) is 25.0 Å². The molecule has 2 unspecified atom stereocenters. The summed E-state index contributed by atoms with van der Waals surface area (Å²) < 4.78 is 0. The van der Waals surface area contributed by atoms with Crippen LogP contribution in [0.25, 0.3) is 0 Å². The normalized spacial score (nSPS) is 19.3. The molecule has 0 aliphatic carbocycles. The zero-order valence-corrected chi connectivity index (χ0v) is 15.5. The number of hydrogen-bond acceptors (Lipinski definition) is 4. The van der Waals surface area contributed by atoms with Crippen molar-refractivity contribution in [3.63, 3.8) is 0 Å². The Kier molecular flexibility index (Phi) is 10.8. The summed E-state index contributed by atoms with van der Waals surface area (Å²) in [6.07, 6.45) is 9.77. The number of aliphatic hydroxyl groups excluding tert-OH is 1. The van der Waals surface area contributed by atoms with E-state index >= 15 is 0 Å². The van der Waals surface area contributed by atoms with Gasteiger partial charge >= 0.3 is 5.97 Å². The molecule has 2 N–H and O–H groups in total. The highest BCUT2D eigenvalue weighted by atomic mass is 32.2. The lowest BCUT2D eigenvalue weighted by Crippen LogP contribution is -2.34. The standard InChI is InChI=1S/C18H31NO4S/c1-2-3-4-6-16(20)10-8-15-9-11-17(21)19(15)12-14-24-13-5-7-18(22)23/h8,10,15-16,20H,2-7,9,11-14H2,1H3,(H,22,23). The molecular formula is C18H31NO4S. The molecule has 0 bridgehead atoms. The molecule has 1 heterocycles. The highest BCUT2D eigenvalue weighted by Gasteiger charge is 2.28. The minimum atomic E-state index is -0.756. The molecule has 24 heavy (non-hydrogen) atoms. The van der Waals surface area contributed by atoms with Crippen LogP contribution in [0.15, 0.2) is 12.2 Å². The fraction of sp³-hybridized carbons (Fsp3) is 0.778. The van der Waals surface area contributed by atoms with Gasteiger partial charge in [-0.3, -0.25) is 9.59 Å². The van der Waals surface area contributed by atoms with Crippen molar-refractivity contribution in [1.29, 1.82) is 0 Å². The smallest absolute Gasteiger partial charge is 0.303 e. The van der Waals surface area contributed by atoms with Gasteiger partial charge in [0.1, 0.15) is 0 Å². The van der Waals surface area contributed by atoms with Gasteiger partial charge in [0, 0.05) is 25.1 Å². The fourth-order valence-electron chi connectivity index (χ4n) is 2.79. The van der Waals surface area contributed by atoms with E-state index in [9.17, 15) is 14.7 Å². The van der Waals surface area contributed by atoms with Crippen molar-refractivity contribution in [2.75, 3.05) is 18.1 Å². The number of unbranched alkanes of at least 4 members (excludes halogenated alkanes) is 2. The van der Waals surface area contributed by atoms with Gasteiger partial charge in [-0.25, -0.2) is 0 Å². The summed E-state index contributed by atoms with van der Waals surface area (Å²) in [7, 11) is 0. The molecule has 0 spiro atoms. The summed E-state index contributed by atoms with van der Waals surface area (Å²) in [5, 5.41) is 18.6. The van der Waals surface area contributed by atoms with Crippen molar-refractivity contribution >= 4 is 23.6 Å². The lowest BCUT2D eigenvalue weighted by molar-refractivity contribution is -0.137. The SMILES string of the molecule is CCCCCC(O)C=CC1CCC(=O)N1CCSCCCC(=O)O. The first-order valence-electron chi connectivity index (χ1n) is 9.00. The summed E-state index contributed by atoms with van der Waals surface area (Å²) in [5.41, 5.74) is 0. The third-order valence-corrected chi connectivity index (χ3v) is 5.24. The summed E-state index contributed by atoms with van der Waals surface area (Å²) >= 11 is 1.69. The minimum Gasteiger partial charge on any atom is -0.481 e. The molecule has 1 fully saturated rings. The van der Waals surface area contributed by atoms with Crippen molar-refractivity contribution in [1.82, 2.24) is 4.90 Å². The van der Waals surface area contributed by atoms with Crippen LogP contribution in [0.1, 0.15) is 58.3 Å². The van der Waals surface area contributed by atoms with Crippen molar-refractivity contribution in [3.8, 4) is 0 Å². The van der Waals surface area contributed by atoms with Crippen LogP contribution in [0.3, 0.4) is 0 Å². The van der Waals surface area contributed by atoms with E-state index in [0.717, 1.165) is 43.6 Å². The summed E-state index contributed by atoms with van der Waals surface area (Å²) in [6.45, 7) is 2.83. The van der Waals surface area contributed by atoms with Gasteiger partial charge in [0.25, 0.3) is 0 Å². The van der Waals surface area contributed by atoms with E-state index in [4.69, 9.17) is 5.11 Å². The molecule has 1 aliphatic heterocycles. The maximum atomic E-state index is 12.0. The monoisotopic (exact) mass is 357 g/mol. The second-order valence-electron chi connectivity index (χ2n) is 6.25. The Balaban J connectivity index is 2.28. The quantitative estimate of drug-likeness (QED) is 0.391. The highest BCUT2D eigenvalue weighted by Crippen LogP contribution is 2.21. The number of aliphatic carboxylic acids is 1. The van der Waals surface area contributed by atoms with E-state index in [1.807, 2.05) is 17.1 Å². The van der Waals surface area contributed by atoms with Crippen molar-refractivity contribution < 1.29 is 19.8 Å². The lowest BCUT2D eigenvalue weighted by Gasteiger charge is -2.22. The van der Waals surface area contributed by atoms with Crippen molar-refractivity contribution in [2.45, 2.75) is 70.4 Å². The number of aliphatic hydroxyl groups is 1. The van der Waals surface area contributed by atoms with Crippen LogP contribution in [0.4, 0.5) is 0 Å². The molecular weight excluding hydrogens is 326 g/mol. The topological polar surface area (TPSA) is 77.8 Å². The van der Waals surface area contributed by atoms with Gasteiger partial charge in [-0.2, -0.15) is 11.8 Å². The Morgan fingerprint density at radius 1 is 1.38 bits per heavy atom. The molecule has 1 saturated heterocycles. The van der Waals surface area contributed by atoms with Gasteiger partial charge in [-0.1, -0.05) is 38.3 Å². The van der Waals surface area contributed by atoms with Crippen LogP contribution in [0.2, 0.25) is 0 Å². The van der Waals surface area contributed by atoms with E-state index in [-0.39, 0.29) is 18.4 Å². The zero-order valence-electron chi connectivity index (χ0n) is 14.7. The van der Waals surface area contributed by atoms with Crippen LogP contribution < -0.4 is 0 Å². The Labute approximate surface area is 149 Å². The number of likely N-dealkylation sites (tertiary alicyclic amines) is 1. The van der Waals surface area contributed by atoms with E-state index in [2.05, 4.69) is 6.92 Å². The largest absolute Gasteiger partial charge is 0.481 e. The Hall–Kier alpha value is -1.01. The molecule has 0 aromatic carbocycles. The number of thioether (sulfide) groups is 1. The molecule has 6 heteroatoms. The van der Waals surface area contributed by atoms with Gasteiger partial charge in [-0.15, -0.1) is 0 Å². The van der Waals surface area contributed by atoms with Crippen molar-refractivity contribution in [3.05, 3.63) is 12.2 Å². The maximum absolute atomic E-state index is 12.0. The molecule has 1 amide bonds. The summed E-state index contributed by atoms with van der Waals surface area (Å²) in [6, 6.07) is 0.0953. The molecule has 1 aliphatic rings. The number of carboxylic acid groups (broad SMARTS) is 1. The number of nitrogens with zero attached hydrogens (tertiary/aromatic N) is 1. The number of carbonyl (C=O) groups excluding carboxylic acids is 1. The zero-order chi connectivity index (χ0) is 17.8. The number of hydrogen-bond donors (Lipinski definition) is 2. The van der Waals surface area contributed by atoms with Crippen LogP contribution in [0.5, 0.6) is 0 Å². The third-order valence-electron chi connectivity index (χ3n) is 4.19. The van der Waals surface area contributed by atoms with E-state index < -0.39 is 12.1 Å². The van der Waals surface area contributed by atoms with Crippen molar-refractivity contribution in [2.24, 2.45) is 0 Å². The average molecular weight is 358 g/mol. The molecule has 1 rings (SSSR count). The number of carbonyl (C=O) groups is 2. The molecule has 0 aromatic heterocycles. The first kappa shape index (κ1) is 21.0. The van der Waals surface area contributed by atoms with Crippen LogP contribution in [-0.4, -0.2) is 57.2 Å². The first-order valence-corrected chi connectivity index (χ1v) is 10.2. The van der Waals surface area contributed by atoms with Gasteiger partial charge in [0.15, 0.2) is 0 Å². The first-order chi connectivity index (χ1) is 11.5. The van der Waals surface area contributed by atoms with Crippen LogP contribution >= 0.6 is 11.8 Å². The molecule has 138 valence electrons. The van der Waals surface area contributed by atoms with E-state index in [1.54, 1.807) is 11.8 Å². The van der Waals surface area contributed by atoms with E-state index in [0.29, 0.717) is 19.4 Å². The number of carboxylic acids is 1. The third kappa shape index (κ3) is 8.73. The van der Waals surface area contributed by atoms with Gasteiger partial charge in [0.05, 0.1) is 12.1 Å². The number of rotatable bonds is 13. The maximum Gasteiger partial charge on any atom is 0.303 e. The second kappa shape index (κ2) is 12.4. The van der Waals surface area contributed by atoms with Gasteiger partial charge < -0.3 is 15.1 Å². The van der Waals surface area contributed by atoms with Crippen LogP contribution in [-0.2, 0) is 9.59 Å². The van der Waals surface area contributed by atoms with Gasteiger partial charge in [0.2, 0.25) is 5.91 Å². The minimum absolute atomic E-state index is 0.0953. The van der Waals surface area contributed by atoms with Crippen LogP contribution in [0, 0.1) is 0 Å².